The zero-order valence-corrected chi connectivity index (χ0v) is 9.99. The van der Waals surface area contributed by atoms with Gasteiger partial charge in [0.15, 0.2) is 0 Å². The Morgan fingerprint density at radius 1 is 1.31 bits per heavy atom. The molecule has 84 valence electrons. The van der Waals surface area contributed by atoms with Crippen LogP contribution in [0.4, 0.5) is 0 Å². The minimum Gasteiger partial charge on any atom is -0.390 e. The maximum atomic E-state index is 9.22. The fraction of sp³-hybridized carbons (Fsp3) is 0.250. The van der Waals surface area contributed by atoms with Crippen LogP contribution in [0.2, 0.25) is 5.02 Å². The first-order valence-corrected chi connectivity index (χ1v) is 5.40. The van der Waals surface area contributed by atoms with Gasteiger partial charge in [0.05, 0.1) is 18.0 Å². The highest BCUT2D eigenvalue weighted by Gasteiger charge is 2.11. The second-order valence-electron chi connectivity index (χ2n) is 3.69. The molecule has 1 aromatic heterocycles. The summed E-state index contributed by atoms with van der Waals surface area (Å²) in [5.74, 6) is 0.846. The van der Waals surface area contributed by atoms with Gasteiger partial charge in [-0.2, -0.15) is 0 Å². The normalized spacial score (nSPS) is 10.8. The average molecular weight is 237 g/mol. The van der Waals surface area contributed by atoms with E-state index >= 15 is 0 Å². The zero-order valence-electron chi connectivity index (χ0n) is 9.24. The number of hydrogen-bond donors (Lipinski definition) is 1. The first-order valence-electron chi connectivity index (χ1n) is 5.02. The molecule has 0 saturated carbocycles. The van der Waals surface area contributed by atoms with Gasteiger partial charge in [0.1, 0.15) is 5.82 Å². The molecule has 0 aliphatic rings. The summed E-state index contributed by atoms with van der Waals surface area (Å²) >= 11 is 5.84. The third-order valence-electron chi connectivity index (χ3n) is 2.67. The first-order chi connectivity index (χ1) is 7.63. The van der Waals surface area contributed by atoms with Crippen molar-refractivity contribution >= 4 is 11.6 Å². The van der Waals surface area contributed by atoms with Crippen molar-refractivity contribution in [3.63, 3.8) is 0 Å². The molecule has 1 aromatic carbocycles. The molecular formula is C12H13ClN2O. The number of imidazole rings is 1. The summed E-state index contributed by atoms with van der Waals surface area (Å²) in [5.41, 5.74) is 2.69. The van der Waals surface area contributed by atoms with Crippen molar-refractivity contribution in [1.82, 2.24) is 9.55 Å². The van der Waals surface area contributed by atoms with Crippen molar-refractivity contribution in [2.45, 2.75) is 13.5 Å². The minimum atomic E-state index is 0.00290. The number of rotatable bonds is 2. The van der Waals surface area contributed by atoms with Crippen LogP contribution in [0.5, 0.6) is 0 Å². The molecule has 0 saturated heterocycles. The summed E-state index contributed by atoms with van der Waals surface area (Å²) in [6.07, 6.45) is 0. The van der Waals surface area contributed by atoms with Crippen LogP contribution in [0.25, 0.3) is 11.4 Å². The van der Waals surface area contributed by atoms with E-state index in [1.165, 1.54) is 0 Å². The lowest BCUT2D eigenvalue weighted by atomic mass is 10.2. The number of nitrogens with zero attached hydrogens (tertiary/aromatic N) is 2. The molecule has 1 heterocycles. The number of aliphatic hydroxyl groups excluding tert-OH is 1. The van der Waals surface area contributed by atoms with E-state index in [1.807, 2.05) is 42.8 Å². The van der Waals surface area contributed by atoms with Crippen molar-refractivity contribution in [3.8, 4) is 11.4 Å². The Balaban J connectivity index is 2.52. The summed E-state index contributed by atoms with van der Waals surface area (Å²) in [4.78, 5) is 4.44. The Hall–Kier alpha value is -1.32. The lowest BCUT2D eigenvalue weighted by molar-refractivity contribution is 0.272. The Morgan fingerprint density at radius 3 is 2.44 bits per heavy atom. The van der Waals surface area contributed by atoms with E-state index in [9.17, 15) is 5.11 Å². The van der Waals surface area contributed by atoms with E-state index < -0.39 is 0 Å². The molecule has 0 aliphatic heterocycles. The van der Waals surface area contributed by atoms with Crippen LogP contribution in [-0.2, 0) is 13.7 Å². The van der Waals surface area contributed by atoms with Crippen molar-refractivity contribution in [1.29, 1.82) is 0 Å². The number of hydrogen-bond acceptors (Lipinski definition) is 2. The van der Waals surface area contributed by atoms with Gasteiger partial charge in [0, 0.05) is 17.6 Å². The molecule has 2 aromatic rings. The Labute approximate surface area is 99.3 Å². The van der Waals surface area contributed by atoms with Gasteiger partial charge in [0.2, 0.25) is 0 Å². The van der Waals surface area contributed by atoms with Gasteiger partial charge in [-0.25, -0.2) is 4.98 Å². The Morgan fingerprint density at radius 2 is 1.94 bits per heavy atom. The van der Waals surface area contributed by atoms with Crippen LogP contribution in [-0.4, -0.2) is 14.7 Å². The van der Waals surface area contributed by atoms with Gasteiger partial charge >= 0.3 is 0 Å². The molecule has 0 amide bonds. The molecule has 0 spiro atoms. The van der Waals surface area contributed by atoms with E-state index in [0.29, 0.717) is 5.02 Å². The van der Waals surface area contributed by atoms with Crippen molar-refractivity contribution in [3.05, 3.63) is 40.7 Å². The van der Waals surface area contributed by atoms with Crippen LogP contribution in [0.3, 0.4) is 0 Å². The summed E-state index contributed by atoms with van der Waals surface area (Å²) in [6.45, 7) is 1.90. The summed E-state index contributed by atoms with van der Waals surface area (Å²) < 4.78 is 1.90. The molecule has 0 atom stereocenters. The molecule has 4 heteroatoms. The number of aromatic nitrogens is 2. The second-order valence-corrected chi connectivity index (χ2v) is 4.13. The molecule has 2 rings (SSSR count). The average Bonchev–Trinajstić information content (AvgIpc) is 2.55. The summed E-state index contributed by atoms with van der Waals surface area (Å²) in [7, 11) is 1.90. The molecule has 0 unspecified atom stereocenters. The van der Waals surface area contributed by atoms with Gasteiger partial charge in [-0.1, -0.05) is 11.6 Å². The highest BCUT2D eigenvalue weighted by atomic mass is 35.5. The highest BCUT2D eigenvalue weighted by Crippen LogP contribution is 2.22. The number of aliphatic hydroxyl groups is 1. The van der Waals surface area contributed by atoms with Crippen LogP contribution >= 0.6 is 11.6 Å². The van der Waals surface area contributed by atoms with Crippen LogP contribution < -0.4 is 0 Å². The van der Waals surface area contributed by atoms with Gasteiger partial charge in [-0.3, -0.25) is 0 Å². The van der Waals surface area contributed by atoms with E-state index in [0.717, 1.165) is 22.8 Å². The topological polar surface area (TPSA) is 38.0 Å². The zero-order chi connectivity index (χ0) is 11.7. The maximum absolute atomic E-state index is 9.22. The summed E-state index contributed by atoms with van der Waals surface area (Å²) in [5, 5.41) is 9.93. The third kappa shape index (κ3) is 1.84. The monoisotopic (exact) mass is 236 g/mol. The van der Waals surface area contributed by atoms with E-state index in [-0.39, 0.29) is 6.61 Å². The lowest BCUT2D eigenvalue weighted by Crippen LogP contribution is -1.99. The third-order valence-corrected chi connectivity index (χ3v) is 2.92. The van der Waals surface area contributed by atoms with Crippen molar-refractivity contribution < 1.29 is 5.11 Å². The fourth-order valence-electron chi connectivity index (χ4n) is 1.75. The molecule has 16 heavy (non-hydrogen) atoms. The Kier molecular flexibility index (Phi) is 2.99. The molecule has 0 fully saturated rings. The molecule has 0 radical (unpaired) electrons. The second kappa shape index (κ2) is 4.28. The molecule has 3 nitrogen and oxygen atoms in total. The fourth-order valence-corrected chi connectivity index (χ4v) is 1.87. The number of benzene rings is 1. The smallest absolute Gasteiger partial charge is 0.140 e. The molecule has 1 N–H and O–H groups in total. The van der Waals surface area contributed by atoms with E-state index in [1.54, 1.807) is 0 Å². The standard InChI is InChI=1S/C12H13ClN2O/c1-8-11(7-16)15(2)12(14-8)9-3-5-10(13)6-4-9/h3-6,16H,7H2,1-2H3. The van der Waals surface area contributed by atoms with Crippen molar-refractivity contribution in [2.24, 2.45) is 7.05 Å². The van der Waals surface area contributed by atoms with Crippen LogP contribution in [0, 0.1) is 6.92 Å². The van der Waals surface area contributed by atoms with Gasteiger partial charge < -0.3 is 9.67 Å². The maximum Gasteiger partial charge on any atom is 0.140 e. The predicted octanol–water partition coefficient (Wildman–Crippen LogP) is 2.54. The largest absolute Gasteiger partial charge is 0.390 e. The Bertz CT molecular complexity index is 502. The minimum absolute atomic E-state index is 0.00290. The lowest BCUT2D eigenvalue weighted by Gasteiger charge is -2.04. The number of aryl methyl sites for hydroxylation is 1. The number of halogens is 1. The molecule has 0 aliphatic carbocycles. The van der Waals surface area contributed by atoms with Gasteiger partial charge in [-0.05, 0) is 31.2 Å². The van der Waals surface area contributed by atoms with E-state index in [4.69, 9.17) is 11.6 Å². The van der Waals surface area contributed by atoms with Crippen LogP contribution in [0.15, 0.2) is 24.3 Å². The van der Waals surface area contributed by atoms with Gasteiger partial charge in [-0.15, -0.1) is 0 Å². The van der Waals surface area contributed by atoms with Gasteiger partial charge in [0.25, 0.3) is 0 Å². The molecular weight excluding hydrogens is 224 g/mol. The summed E-state index contributed by atoms with van der Waals surface area (Å²) in [6, 6.07) is 7.51. The molecule has 0 bridgehead atoms. The predicted molar refractivity (Wildman–Crippen MR) is 64.3 cm³/mol. The van der Waals surface area contributed by atoms with Crippen molar-refractivity contribution in [2.75, 3.05) is 0 Å². The highest BCUT2D eigenvalue weighted by molar-refractivity contribution is 6.30. The SMILES string of the molecule is Cc1nc(-c2ccc(Cl)cc2)n(C)c1CO. The van der Waals surface area contributed by atoms with E-state index in [2.05, 4.69) is 4.98 Å². The quantitative estimate of drug-likeness (QED) is 0.870. The first kappa shape index (κ1) is 11.2. The van der Waals surface area contributed by atoms with Crippen LogP contribution in [0.1, 0.15) is 11.4 Å².